The van der Waals surface area contributed by atoms with Gasteiger partial charge in [0.25, 0.3) is 0 Å². The number of pyridine rings is 1. The highest BCUT2D eigenvalue weighted by Crippen LogP contribution is 2.45. The SMILES string of the molecule is Cc1cc(NC2=CC=C(Sc3ccncc3)C(C(F)(F)F)C2)nc(N)n1. The Morgan fingerprint density at radius 1 is 1.19 bits per heavy atom. The topological polar surface area (TPSA) is 76.7 Å². The van der Waals surface area contributed by atoms with Gasteiger partial charge in [-0.05, 0) is 31.2 Å². The summed E-state index contributed by atoms with van der Waals surface area (Å²) in [6, 6.07) is 5.00. The van der Waals surface area contributed by atoms with Crippen LogP contribution in [0, 0.1) is 12.8 Å². The average molecular weight is 379 g/mol. The van der Waals surface area contributed by atoms with Crippen molar-refractivity contribution in [3.8, 4) is 0 Å². The van der Waals surface area contributed by atoms with Crippen molar-refractivity contribution in [2.24, 2.45) is 5.92 Å². The minimum atomic E-state index is -4.35. The number of allylic oxidation sites excluding steroid dienone is 4. The first kappa shape index (κ1) is 18.2. The summed E-state index contributed by atoms with van der Waals surface area (Å²) < 4.78 is 40.7. The van der Waals surface area contributed by atoms with Gasteiger partial charge >= 0.3 is 6.18 Å². The van der Waals surface area contributed by atoms with Gasteiger partial charge in [-0.2, -0.15) is 18.2 Å². The van der Waals surface area contributed by atoms with E-state index in [0.717, 1.165) is 11.8 Å². The fourth-order valence-corrected chi connectivity index (χ4v) is 3.55. The number of aromatic nitrogens is 3. The highest BCUT2D eigenvalue weighted by atomic mass is 32.2. The van der Waals surface area contributed by atoms with Gasteiger partial charge in [-0.3, -0.25) is 4.98 Å². The number of hydrogen-bond donors (Lipinski definition) is 2. The first-order valence-corrected chi connectivity index (χ1v) is 8.56. The molecule has 9 heteroatoms. The van der Waals surface area contributed by atoms with Crippen LogP contribution in [-0.2, 0) is 0 Å². The molecule has 0 saturated carbocycles. The van der Waals surface area contributed by atoms with Crippen LogP contribution in [-0.4, -0.2) is 21.1 Å². The zero-order valence-corrected chi connectivity index (χ0v) is 14.6. The molecule has 1 aliphatic carbocycles. The van der Waals surface area contributed by atoms with E-state index >= 15 is 0 Å². The second-order valence-electron chi connectivity index (χ2n) is 5.72. The molecule has 0 spiro atoms. The van der Waals surface area contributed by atoms with E-state index in [9.17, 15) is 13.2 Å². The maximum absolute atomic E-state index is 13.6. The Balaban J connectivity index is 1.84. The third-order valence-electron chi connectivity index (χ3n) is 3.66. The highest BCUT2D eigenvalue weighted by Gasteiger charge is 2.43. The molecule has 1 aliphatic rings. The molecule has 136 valence electrons. The quantitative estimate of drug-likeness (QED) is 0.824. The Morgan fingerprint density at radius 3 is 2.58 bits per heavy atom. The Morgan fingerprint density at radius 2 is 1.92 bits per heavy atom. The van der Waals surface area contributed by atoms with Gasteiger partial charge in [-0.15, -0.1) is 0 Å². The maximum Gasteiger partial charge on any atom is 0.396 e. The van der Waals surface area contributed by atoms with Crippen molar-refractivity contribution in [2.45, 2.75) is 24.4 Å². The first-order valence-electron chi connectivity index (χ1n) is 7.75. The number of nitrogens with zero attached hydrogens (tertiary/aromatic N) is 3. The van der Waals surface area contributed by atoms with Crippen molar-refractivity contribution in [1.82, 2.24) is 15.0 Å². The number of nitrogen functional groups attached to an aromatic ring is 1. The molecule has 1 unspecified atom stereocenters. The van der Waals surface area contributed by atoms with E-state index in [1.807, 2.05) is 0 Å². The predicted octanol–water partition coefficient (Wildman–Crippen LogP) is 4.32. The monoisotopic (exact) mass is 379 g/mol. The van der Waals surface area contributed by atoms with Crippen molar-refractivity contribution in [3.63, 3.8) is 0 Å². The van der Waals surface area contributed by atoms with Crippen molar-refractivity contribution < 1.29 is 13.2 Å². The number of rotatable bonds is 4. The molecule has 2 heterocycles. The van der Waals surface area contributed by atoms with Crippen molar-refractivity contribution in [3.05, 3.63) is 59.0 Å². The van der Waals surface area contributed by atoms with E-state index in [-0.39, 0.29) is 17.3 Å². The number of nitrogens with two attached hydrogens (primary N) is 1. The fourth-order valence-electron chi connectivity index (χ4n) is 2.52. The Bertz CT molecular complexity index is 829. The third kappa shape index (κ3) is 4.54. The van der Waals surface area contributed by atoms with E-state index in [1.165, 1.54) is 6.08 Å². The Kier molecular flexibility index (Phi) is 5.17. The van der Waals surface area contributed by atoms with Gasteiger partial charge in [0.05, 0.1) is 5.92 Å². The lowest BCUT2D eigenvalue weighted by molar-refractivity contribution is -0.161. The van der Waals surface area contributed by atoms with E-state index < -0.39 is 12.1 Å². The lowest BCUT2D eigenvalue weighted by atomic mass is 9.97. The van der Waals surface area contributed by atoms with Gasteiger partial charge < -0.3 is 11.1 Å². The lowest BCUT2D eigenvalue weighted by Gasteiger charge is -2.27. The van der Waals surface area contributed by atoms with Gasteiger partial charge in [-0.25, -0.2) is 4.98 Å². The average Bonchev–Trinajstić information content (AvgIpc) is 2.55. The van der Waals surface area contributed by atoms with Gasteiger partial charge in [-0.1, -0.05) is 11.8 Å². The molecule has 0 bridgehead atoms. The molecule has 3 rings (SSSR count). The van der Waals surface area contributed by atoms with Gasteiger partial charge in [0.2, 0.25) is 5.95 Å². The molecule has 0 fully saturated rings. The van der Waals surface area contributed by atoms with Crippen LogP contribution in [0.15, 0.2) is 58.2 Å². The zero-order chi connectivity index (χ0) is 18.7. The summed E-state index contributed by atoms with van der Waals surface area (Å²) in [5.74, 6) is -1.14. The summed E-state index contributed by atoms with van der Waals surface area (Å²) in [6.45, 7) is 1.74. The Labute approximate surface area is 152 Å². The van der Waals surface area contributed by atoms with Crippen LogP contribution in [0.1, 0.15) is 12.1 Å². The minimum Gasteiger partial charge on any atom is -0.368 e. The first-order chi connectivity index (χ1) is 12.3. The second-order valence-corrected chi connectivity index (χ2v) is 6.87. The molecular weight excluding hydrogens is 363 g/mol. The number of anilines is 2. The van der Waals surface area contributed by atoms with Crippen molar-refractivity contribution in [1.29, 1.82) is 0 Å². The van der Waals surface area contributed by atoms with Crippen LogP contribution in [0.5, 0.6) is 0 Å². The molecule has 5 nitrogen and oxygen atoms in total. The van der Waals surface area contributed by atoms with E-state index in [4.69, 9.17) is 5.73 Å². The standard InChI is InChI=1S/C17H16F3N5S/c1-10-8-15(25-16(21)23-10)24-11-2-3-14(13(9-11)17(18,19)20)26-12-4-6-22-7-5-12/h2-8,13H,9H2,1H3,(H3,21,23,24,25). The number of halogens is 3. The molecule has 3 N–H and O–H groups in total. The van der Waals surface area contributed by atoms with E-state index in [2.05, 4.69) is 20.3 Å². The molecular formula is C17H16F3N5S. The number of nitrogens with one attached hydrogen (secondary N) is 1. The van der Waals surface area contributed by atoms with Gasteiger partial charge in [0, 0.05) is 46.1 Å². The molecule has 0 aliphatic heterocycles. The van der Waals surface area contributed by atoms with E-state index in [0.29, 0.717) is 22.1 Å². The van der Waals surface area contributed by atoms with Crippen LogP contribution >= 0.6 is 11.8 Å². The molecule has 26 heavy (non-hydrogen) atoms. The Hall–Kier alpha value is -2.55. The van der Waals surface area contributed by atoms with Crippen LogP contribution < -0.4 is 11.1 Å². The molecule has 2 aromatic rings. The summed E-state index contributed by atoms with van der Waals surface area (Å²) in [6.07, 6.45) is 1.69. The number of aryl methyl sites for hydroxylation is 1. The summed E-state index contributed by atoms with van der Waals surface area (Å²) in [5, 5.41) is 2.92. The van der Waals surface area contributed by atoms with Crippen LogP contribution in [0.2, 0.25) is 0 Å². The maximum atomic E-state index is 13.6. The molecule has 2 aromatic heterocycles. The van der Waals surface area contributed by atoms with Crippen LogP contribution in [0.4, 0.5) is 24.9 Å². The van der Waals surface area contributed by atoms with Crippen LogP contribution in [0.25, 0.3) is 0 Å². The summed E-state index contributed by atoms with van der Waals surface area (Å²) in [5.41, 5.74) is 6.64. The number of hydrogen-bond acceptors (Lipinski definition) is 6. The smallest absolute Gasteiger partial charge is 0.368 e. The minimum absolute atomic E-state index is 0.0701. The number of alkyl halides is 3. The molecule has 0 aromatic carbocycles. The molecule has 0 radical (unpaired) electrons. The van der Waals surface area contributed by atoms with Crippen molar-refractivity contribution in [2.75, 3.05) is 11.1 Å². The predicted molar refractivity (Wildman–Crippen MR) is 95.2 cm³/mol. The third-order valence-corrected chi connectivity index (χ3v) is 4.82. The normalized spacial score (nSPS) is 17.5. The van der Waals surface area contributed by atoms with Crippen molar-refractivity contribution >= 4 is 23.5 Å². The highest BCUT2D eigenvalue weighted by molar-refractivity contribution is 8.03. The number of thioether (sulfide) groups is 1. The van der Waals surface area contributed by atoms with Gasteiger partial charge in [0.1, 0.15) is 5.82 Å². The molecule has 0 saturated heterocycles. The second kappa shape index (κ2) is 7.36. The zero-order valence-electron chi connectivity index (χ0n) is 13.8. The summed E-state index contributed by atoms with van der Waals surface area (Å²) in [4.78, 5) is 12.8. The fraction of sp³-hybridized carbons (Fsp3) is 0.235. The summed E-state index contributed by atoms with van der Waals surface area (Å²) >= 11 is 1.10. The lowest BCUT2D eigenvalue weighted by Crippen LogP contribution is -2.27. The summed E-state index contributed by atoms with van der Waals surface area (Å²) in [7, 11) is 0. The molecule has 1 atom stereocenters. The van der Waals surface area contributed by atoms with E-state index in [1.54, 1.807) is 43.6 Å². The molecule has 0 amide bonds. The largest absolute Gasteiger partial charge is 0.396 e. The van der Waals surface area contributed by atoms with Crippen LogP contribution in [0.3, 0.4) is 0 Å². The van der Waals surface area contributed by atoms with Gasteiger partial charge in [0.15, 0.2) is 0 Å².